The van der Waals surface area contributed by atoms with Crippen LogP contribution < -0.4 is 4.72 Å². The van der Waals surface area contributed by atoms with E-state index >= 15 is 0 Å². The number of aromatic hydroxyl groups is 1. The lowest BCUT2D eigenvalue weighted by Gasteiger charge is -2.10. The number of nitrogens with zero attached hydrogens (tertiary/aromatic N) is 1. The van der Waals surface area contributed by atoms with E-state index in [1.807, 2.05) is 0 Å². The lowest BCUT2D eigenvalue weighted by Crippen LogP contribution is -2.13. The first-order chi connectivity index (χ1) is 9.79. The Morgan fingerprint density at radius 3 is 2.29 bits per heavy atom. The van der Waals surface area contributed by atoms with E-state index in [4.69, 9.17) is 0 Å². The van der Waals surface area contributed by atoms with Crippen LogP contribution in [0, 0.1) is 17.0 Å². The summed E-state index contributed by atoms with van der Waals surface area (Å²) in [7, 11) is -3.92. The quantitative estimate of drug-likeness (QED) is 0.512. The van der Waals surface area contributed by atoms with Crippen LogP contribution in [0.5, 0.6) is 5.75 Å². The Labute approximate surface area is 121 Å². The highest BCUT2D eigenvalue weighted by molar-refractivity contribution is 7.92. The predicted octanol–water partition coefficient (Wildman–Crippen LogP) is 2.41. The Morgan fingerprint density at radius 1 is 1.14 bits per heavy atom. The molecule has 2 rings (SSSR count). The molecule has 21 heavy (non-hydrogen) atoms. The zero-order chi connectivity index (χ0) is 15.6. The van der Waals surface area contributed by atoms with Gasteiger partial charge in [-0.1, -0.05) is 6.07 Å². The SMILES string of the molecule is Cc1ccc(NS(=O)(=O)c2ccc([N+](=O)[O-])cc2)c(O)c1. The van der Waals surface area contributed by atoms with E-state index in [1.165, 1.54) is 12.1 Å². The third-order valence-corrected chi connectivity index (χ3v) is 4.14. The van der Waals surface area contributed by atoms with Crippen LogP contribution in [0.2, 0.25) is 0 Å². The van der Waals surface area contributed by atoms with Gasteiger partial charge in [-0.3, -0.25) is 14.8 Å². The van der Waals surface area contributed by atoms with Crippen LogP contribution in [-0.2, 0) is 10.0 Å². The lowest BCUT2D eigenvalue weighted by molar-refractivity contribution is -0.384. The van der Waals surface area contributed by atoms with Crippen LogP contribution in [0.15, 0.2) is 47.4 Å². The predicted molar refractivity (Wildman–Crippen MR) is 76.7 cm³/mol. The van der Waals surface area contributed by atoms with Crippen molar-refractivity contribution < 1.29 is 18.4 Å². The van der Waals surface area contributed by atoms with Crippen molar-refractivity contribution in [3.8, 4) is 5.75 Å². The minimum atomic E-state index is -3.92. The molecule has 0 spiro atoms. The number of nitro groups is 1. The van der Waals surface area contributed by atoms with Crippen LogP contribution in [0.1, 0.15) is 5.56 Å². The topological polar surface area (TPSA) is 110 Å². The van der Waals surface area contributed by atoms with Gasteiger partial charge in [0.1, 0.15) is 5.75 Å². The molecule has 0 unspecified atom stereocenters. The van der Waals surface area contributed by atoms with E-state index in [1.54, 1.807) is 13.0 Å². The molecule has 0 heterocycles. The molecule has 0 aliphatic carbocycles. The molecule has 0 atom stereocenters. The molecule has 0 saturated heterocycles. The molecule has 7 nitrogen and oxygen atoms in total. The number of rotatable bonds is 4. The van der Waals surface area contributed by atoms with Crippen LogP contribution in [0.4, 0.5) is 11.4 Å². The van der Waals surface area contributed by atoms with Crippen molar-refractivity contribution in [1.82, 2.24) is 0 Å². The van der Waals surface area contributed by atoms with Crippen molar-refractivity contribution >= 4 is 21.4 Å². The summed E-state index contributed by atoms with van der Waals surface area (Å²) in [4.78, 5) is 9.79. The lowest BCUT2D eigenvalue weighted by atomic mass is 10.2. The molecule has 8 heteroatoms. The monoisotopic (exact) mass is 308 g/mol. The second-order valence-electron chi connectivity index (χ2n) is 4.38. The summed E-state index contributed by atoms with van der Waals surface area (Å²) in [6.07, 6.45) is 0. The molecule has 2 aromatic rings. The average Bonchev–Trinajstić information content (AvgIpc) is 2.42. The highest BCUT2D eigenvalue weighted by atomic mass is 32.2. The fourth-order valence-corrected chi connectivity index (χ4v) is 2.75. The molecule has 0 saturated carbocycles. The van der Waals surface area contributed by atoms with E-state index in [-0.39, 0.29) is 22.0 Å². The fraction of sp³-hybridized carbons (Fsp3) is 0.0769. The molecule has 0 radical (unpaired) electrons. The van der Waals surface area contributed by atoms with E-state index in [9.17, 15) is 23.6 Å². The van der Waals surface area contributed by atoms with E-state index in [0.29, 0.717) is 0 Å². The van der Waals surface area contributed by atoms with Crippen molar-refractivity contribution in [1.29, 1.82) is 0 Å². The van der Waals surface area contributed by atoms with Crippen molar-refractivity contribution in [3.05, 3.63) is 58.1 Å². The van der Waals surface area contributed by atoms with Gasteiger partial charge in [-0.25, -0.2) is 8.42 Å². The maximum atomic E-state index is 12.1. The third kappa shape index (κ3) is 3.29. The Balaban J connectivity index is 2.31. The number of nitrogens with one attached hydrogen (secondary N) is 1. The minimum Gasteiger partial charge on any atom is -0.506 e. The Hall–Kier alpha value is -2.61. The summed E-state index contributed by atoms with van der Waals surface area (Å²) in [6.45, 7) is 1.76. The highest BCUT2D eigenvalue weighted by Crippen LogP contribution is 2.27. The largest absolute Gasteiger partial charge is 0.506 e. The highest BCUT2D eigenvalue weighted by Gasteiger charge is 2.17. The summed E-state index contributed by atoms with van der Waals surface area (Å²) in [6, 6.07) is 8.97. The molecule has 2 aromatic carbocycles. The van der Waals surface area contributed by atoms with E-state index < -0.39 is 14.9 Å². The van der Waals surface area contributed by atoms with Gasteiger partial charge in [-0.05, 0) is 36.8 Å². The molecule has 0 aromatic heterocycles. The first-order valence-corrected chi connectivity index (χ1v) is 7.35. The van der Waals surface area contributed by atoms with E-state index in [0.717, 1.165) is 29.8 Å². The third-order valence-electron chi connectivity index (χ3n) is 2.76. The van der Waals surface area contributed by atoms with Gasteiger partial charge in [-0.2, -0.15) is 0 Å². The molecule has 2 N–H and O–H groups in total. The van der Waals surface area contributed by atoms with Crippen LogP contribution in [-0.4, -0.2) is 18.4 Å². The van der Waals surface area contributed by atoms with Gasteiger partial charge in [-0.15, -0.1) is 0 Å². The van der Waals surface area contributed by atoms with Crippen LogP contribution >= 0.6 is 0 Å². The maximum Gasteiger partial charge on any atom is 0.269 e. The number of hydrogen-bond acceptors (Lipinski definition) is 5. The van der Waals surface area contributed by atoms with Crippen molar-refractivity contribution in [2.75, 3.05) is 4.72 Å². The van der Waals surface area contributed by atoms with Crippen molar-refractivity contribution in [2.24, 2.45) is 0 Å². The van der Waals surface area contributed by atoms with E-state index in [2.05, 4.69) is 4.72 Å². The second-order valence-corrected chi connectivity index (χ2v) is 6.06. The van der Waals surface area contributed by atoms with Gasteiger partial charge >= 0.3 is 0 Å². The molecular formula is C13H12N2O5S. The molecule has 0 amide bonds. The van der Waals surface area contributed by atoms with Gasteiger partial charge in [0.15, 0.2) is 0 Å². The van der Waals surface area contributed by atoms with Gasteiger partial charge in [0.25, 0.3) is 15.7 Å². The molecular weight excluding hydrogens is 296 g/mol. The summed E-state index contributed by atoms with van der Waals surface area (Å²) in [5.41, 5.74) is 0.622. The maximum absolute atomic E-state index is 12.1. The number of sulfonamides is 1. The number of aryl methyl sites for hydroxylation is 1. The summed E-state index contributed by atoms with van der Waals surface area (Å²) < 4.78 is 26.5. The molecule has 110 valence electrons. The van der Waals surface area contributed by atoms with Crippen LogP contribution in [0.3, 0.4) is 0 Å². The first kappa shape index (κ1) is 14.8. The number of anilines is 1. The van der Waals surface area contributed by atoms with Gasteiger partial charge < -0.3 is 5.11 Å². The fourth-order valence-electron chi connectivity index (χ4n) is 1.68. The minimum absolute atomic E-state index is 0.0407. The Morgan fingerprint density at radius 2 is 1.76 bits per heavy atom. The number of phenolic OH excluding ortho intramolecular Hbond substituents is 1. The summed E-state index contributed by atoms with van der Waals surface area (Å²) >= 11 is 0. The molecule has 0 aliphatic heterocycles. The summed E-state index contributed by atoms with van der Waals surface area (Å²) in [5, 5.41) is 20.2. The van der Waals surface area contributed by atoms with Crippen molar-refractivity contribution in [3.63, 3.8) is 0 Å². The number of benzene rings is 2. The number of phenols is 1. The van der Waals surface area contributed by atoms with Crippen LogP contribution in [0.25, 0.3) is 0 Å². The molecule has 0 bridgehead atoms. The first-order valence-electron chi connectivity index (χ1n) is 5.86. The summed E-state index contributed by atoms with van der Waals surface area (Å²) in [5.74, 6) is -0.194. The number of non-ortho nitro benzene ring substituents is 1. The number of hydrogen-bond donors (Lipinski definition) is 2. The van der Waals surface area contributed by atoms with Gasteiger partial charge in [0.05, 0.1) is 15.5 Å². The Kier molecular flexibility index (Phi) is 3.81. The smallest absolute Gasteiger partial charge is 0.269 e. The zero-order valence-electron chi connectivity index (χ0n) is 11.0. The molecule has 0 aliphatic rings. The van der Waals surface area contributed by atoms with Gasteiger partial charge in [0.2, 0.25) is 0 Å². The molecule has 0 fully saturated rings. The normalized spacial score (nSPS) is 11.1. The Bertz CT molecular complexity index is 785. The zero-order valence-corrected chi connectivity index (χ0v) is 11.8. The second kappa shape index (κ2) is 5.41. The number of nitro benzene ring substituents is 1. The standard InChI is InChI=1S/C13H12N2O5S/c1-9-2-7-12(13(16)8-9)14-21(19,20)11-5-3-10(4-6-11)15(17)18/h2-8,14,16H,1H3. The van der Waals surface area contributed by atoms with Gasteiger partial charge in [0, 0.05) is 12.1 Å². The van der Waals surface area contributed by atoms with Crippen molar-refractivity contribution in [2.45, 2.75) is 11.8 Å². The average molecular weight is 308 g/mol.